The zero-order valence-corrected chi connectivity index (χ0v) is 9.23. The van der Waals surface area contributed by atoms with Crippen molar-refractivity contribution in [2.75, 3.05) is 7.11 Å². The van der Waals surface area contributed by atoms with Crippen molar-refractivity contribution >= 4 is 0 Å². The molecule has 15 heavy (non-hydrogen) atoms. The Morgan fingerprint density at radius 1 is 1.40 bits per heavy atom. The lowest BCUT2D eigenvalue weighted by atomic mass is 9.93. The Balaban J connectivity index is 2.65. The molecule has 1 rings (SSSR count). The van der Waals surface area contributed by atoms with E-state index in [1.165, 1.54) is 5.56 Å². The number of hydrogen-bond donors (Lipinski definition) is 0. The van der Waals surface area contributed by atoms with Gasteiger partial charge in [-0.2, -0.15) is 5.26 Å². The summed E-state index contributed by atoms with van der Waals surface area (Å²) < 4.78 is 5.33. The fourth-order valence-corrected chi connectivity index (χ4v) is 1.60. The number of nitriles is 1. The minimum atomic E-state index is 0.254. The summed E-state index contributed by atoms with van der Waals surface area (Å²) in [4.78, 5) is 0. The summed E-state index contributed by atoms with van der Waals surface area (Å²) in [5.74, 6) is 0.254. The van der Waals surface area contributed by atoms with Gasteiger partial charge in [-0.25, -0.2) is 0 Å². The third kappa shape index (κ3) is 3.38. The van der Waals surface area contributed by atoms with E-state index < -0.39 is 0 Å². The summed E-state index contributed by atoms with van der Waals surface area (Å²) in [5, 5.41) is 8.54. The Kier molecular flexibility index (Phi) is 4.86. The second-order valence-electron chi connectivity index (χ2n) is 3.46. The summed E-state index contributed by atoms with van der Waals surface area (Å²) in [7, 11) is 1.67. The van der Waals surface area contributed by atoms with Crippen LogP contribution in [-0.2, 0) is 4.74 Å². The molecular formula is C13H16NO. The SMILES string of the molecule is CO[C](CCC#N)C(C)c1ccccc1. The summed E-state index contributed by atoms with van der Waals surface area (Å²) in [6.07, 6.45) is 2.20. The molecule has 0 N–H and O–H groups in total. The van der Waals surface area contributed by atoms with Gasteiger partial charge in [0.2, 0.25) is 0 Å². The highest BCUT2D eigenvalue weighted by Gasteiger charge is 2.18. The molecule has 0 aromatic heterocycles. The Bertz CT molecular complexity index is 315. The first kappa shape index (κ1) is 11.7. The van der Waals surface area contributed by atoms with Gasteiger partial charge in [-0.05, 0) is 12.0 Å². The van der Waals surface area contributed by atoms with E-state index in [0.29, 0.717) is 12.8 Å². The molecule has 0 amide bonds. The molecule has 0 fully saturated rings. The highest BCUT2D eigenvalue weighted by Crippen LogP contribution is 2.29. The first-order valence-corrected chi connectivity index (χ1v) is 5.11. The van der Waals surface area contributed by atoms with Crippen molar-refractivity contribution in [3.05, 3.63) is 42.0 Å². The maximum atomic E-state index is 8.54. The van der Waals surface area contributed by atoms with Crippen LogP contribution >= 0.6 is 0 Å². The van der Waals surface area contributed by atoms with Crippen molar-refractivity contribution in [3.8, 4) is 6.07 Å². The molecule has 1 aromatic carbocycles. The molecule has 0 saturated carbocycles. The van der Waals surface area contributed by atoms with Crippen LogP contribution in [-0.4, -0.2) is 7.11 Å². The summed E-state index contributed by atoms with van der Waals surface area (Å²) in [5.41, 5.74) is 1.23. The van der Waals surface area contributed by atoms with Gasteiger partial charge in [0.05, 0.1) is 6.07 Å². The lowest BCUT2D eigenvalue weighted by Gasteiger charge is -2.20. The Morgan fingerprint density at radius 3 is 2.60 bits per heavy atom. The Hall–Kier alpha value is -1.33. The van der Waals surface area contributed by atoms with Gasteiger partial charge < -0.3 is 4.74 Å². The molecule has 1 radical (unpaired) electrons. The molecular weight excluding hydrogens is 186 g/mol. The largest absolute Gasteiger partial charge is 0.375 e. The van der Waals surface area contributed by atoms with Crippen LogP contribution in [0.4, 0.5) is 0 Å². The molecule has 0 bridgehead atoms. The van der Waals surface area contributed by atoms with E-state index in [2.05, 4.69) is 25.1 Å². The quantitative estimate of drug-likeness (QED) is 0.734. The molecule has 2 heteroatoms. The van der Waals surface area contributed by atoms with Gasteiger partial charge in [0.25, 0.3) is 0 Å². The summed E-state index contributed by atoms with van der Waals surface area (Å²) in [6.45, 7) is 2.10. The van der Waals surface area contributed by atoms with Crippen LogP contribution in [0.25, 0.3) is 0 Å². The molecule has 0 heterocycles. The van der Waals surface area contributed by atoms with Gasteiger partial charge >= 0.3 is 0 Å². The van der Waals surface area contributed by atoms with Gasteiger partial charge in [-0.3, -0.25) is 0 Å². The topological polar surface area (TPSA) is 33.0 Å². The zero-order chi connectivity index (χ0) is 11.1. The minimum Gasteiger partial charge on any atom is -0.375 e. The van der Waals surface area contributed by atoms with Crippen molar-refractivity contribution in [2.24, 2.45) is 0 Å². The Morgan fingerprint density at radius 2 is 2.07 bits per heavy atom. The monoisotopic (exact) mass is 202 g/mol. The van der Waals surface area contributed by atoms with E-state index in [0.717, 1.165) is 6.10 Å². The van der Waals surface area contributed by atoms with Gasteiger partial charge in [-0.1, -0.05) is 37.3 Å². The highest BCUT2D eigenvalue weighted by molar-refractivity contribution is 5.23. The van der Waals surface area contributed by atoms with Crippen molar-refractivity contribution < 1.29 is 4.74 Å². The van der Waals surface area contributed by atoms with Crippen LogP contribution in [0.1, 0.15) is 31.2 Å². The summed E-state index contributed by atoms with van der Waals surface area (Å²) in [6, 6.07) is 12.3. The van der Waals surface area contributed by atoms with Gasteiger partial charge in [0, 0.05) is 19.4 Å². The average Bonchev–Trinajstić information content (AvgIpc) is 2.31. The van der Waals surface area contributed by atoms with Gasteiger partial charge in [0.15, 0.2) is 0 Å². The number of methoxy groups -OCH3 is 1. The van der Waals surface area contributed by atoms with Crippen LogP contribution in [0.3, 0.4) is 0 Å². The van der Waals surface area contributed by atoms with Crippen LogP contribution in [0.5, 0.6) is 0 Å². The first-order valence-electron chi connectivity index (χ1n) is 5.11. The predicted octanol–water partition coefficient (Wildman–Crippen LogP) is 3.27. The van der Waals surface area contributed by atoms with Crippen LogP contribution in [0, 0.1) is 17.4 Å². The maximum Gasteiger partial charge on any atom is 0.105 e. The third-order valence-corrected chi connectivity index (χ3v) is 2.53. The van der Waals surface area contributed by atoms with Gasteiger partial charge in [-0.15, -0.1) is 0 Å². The molecule has 79 valence electrons. The van der Waals surface area contributed by atoms with Crippen molar-refractivity contribution in [1.29, 1.82) is 5.26 Å². The van der Waals surface area contributed by atoms with Crippen molar-refractivity contribution in [1.82, 2.24) is 0 Å². The number of hydrogen-bond acceptors (Lipinski definition) is 2. The zero-order valence-electron chi connectivity index (χ0n) is 9.23. The van der Waals surface area contributed by atoms with Crippen LogP contribution < -0.4 is 0 Å². The van der Waals surface area contributed by atoms with Crippen LogP contribution in [0.15, 0.2) is 30.3 Å². The smallest absolute Gasteiger partial charge is 0.105 e. The second-order valence-corrected chi connectivity index (χ2v) is 3.46. The molecule has 0 saturated heterocycles. The highest BCUT2D eigenvalue weighted by atomic mass is 16.5. The molecule has 0 aliphatic carbocycles. The third-order valence-electron chi connectivity index (χ3n) is 2.53. The number of nitrogens with zero attached hydrogens (tertiary/aromatic N) is 1. The second kappa shape index (κ2) is 6.21. The Labute approximate surface area is 91.5 Å². The molecule has 0 spiro atoms. The average molecular weight is 202 g/mol. The van der Waals surface area contributed by atoms with Crippen molar-refractivity contribution in [3.63, 3.8) is 0 Å². The molecule has 2 nitrogen and oxygen atoms in total. The molecule has 0 aliphatic heterocycles. The molecule has 0 aliphatic rings. The van der Waals surface area contributed by atoms with E-state index in [4.69, 9.17) is 10.00 Å². The normalized spacial score (nSPS) is 12.4. The maximum absolute atomic E-state index is 8.54. The fourth-order valence-electron chi connectivity index (χ4n) is 1.60. The predicted molar refractivity (Wildman–Crippen MR) is 60.0 cm³/mol. The summed E-state index contributed by atoms with van der Waals surface area (Å²) >= 11 is 0. The number of benzene rings is 1. The molecule has 1 unspecified atom stereocenters. The van der Waals surface area contributed by atoms with E-state index in [-0.39, 0.29) is 5.92 Å². The lowest BCUT2D eigenvalue weighted by Crippen LogP contribution is -2.09. The van der Waals surface area contributed by atoms with E-state index in [1.807, 2.05) is 18.2 Å². The molecule has 1 atom stereocenters. The molecule has 1 aromatic rings. The standard InChI is InChI=1S/C13H16NO/c1-11(12-7-4-3-5-8-12)13(15-2)9-6-10-14/h3-5,7-8,11H,6,9H2,1-2H3. The van der Waals surface area contributed by atoms with Gasteiger partial charge in [0.1, 0.15) is 6.10 Å². The lowest BCUT2D eigenvalue weighted by molar-refractivity contribution is 0.175. The van der Waals surface area contributed by atoms with E-state index in [1.54, 1.807) is 7.11 Å². The first-order chi connectivity index (χ1) is 7.29. The van der Waals surface area contributed by atoms with E-state index >= 15 is 0 Å². The minimum absolute atomic E-state index is 0.254. The number of ether oxygens (including phenoxy) is 1. The van der Waals surface area contributed by atoms with Crippen LogP contribution in [0.2, 0.25) is 0 Å². The van der Waals surface area contributed by atoms with E-state index in [9.17, 15) is 0 Å². The van der Waals surface area contributed by atoms with Crippen molar-refractivity contribution in [2.45, 2.75) is 25.7 Å². The fraction of sp³-hybridized carbons (Fsp3) is 0.385. The number of rotatable bonds is 5.